The molecular formula is C20H18ClN5O. The van der Waals surface area contributed by atoms with Crippen molar-refractivity contribution in [3.63, 3.8) is 0 Å². The second-order valence-corrected chi connectivity index (χ2v) is 6.92. The number of nitrogens with zero attached hydrogens (tertiary/aromatic N) is 3. The average Bonchev–Trinajstić information content (AvgIpc) is 3.07. The van der Waals surface area contributed by atoms with Crippen LogP contribution in [0.1, 0.15) is 18.5 Å². The lowest BCUT2D eigenvalue weighted by atomic mass is 10.1. The number of anilines is 1. The van der Waals surface area contributed by atoms with Crippen LogP contribution in [0.5, 0.6) is 0 Å². The standard InChI is InChI=1S/C20H18ClN5O/c1-12(17-8-14-6-15(21)9-23-19(14)25-20(17)27)24-16-5-3-4-13(7-16)18-10-22-11-26(18)2/h3-12,24H,1-2H3,(H,23,25,27)/t12-/m0/s1. The molecule has 0 saturated carbocycles. The van der Waals surface area contributed by atoms with Crippen LogP contribution >= 0.6 is 11.6 Å². The van der Waals surface area contributed by atoms with Gasteiger partial charge >= 0.3 is 0 Å². The van der Waals surface area contributed by atoms with Crippen LogP contribution in [0, 0.1) is 0 Å². The number of halogens is 1. The Hall–Kier alpha value is -3.12. The largest absolute Gasteiger partial charge is 0.378 e. The van der Waals surface area contributed by atoms with E-state index in [-0.39, 0.29) is 11.6 Å². The summed E-state index contributed by atoms with van der Waals surface area (Å²) in [5, 5.41) is 4.73. The van der Waals surface area contributed by atoms with Gasteiger partial charge in [-0.2, -0.15) is 0 Å². The summed E-state index contributed by atoms with van der Waals surface area (Å²) >= 11 is 6.02. The number of fused-ring (bicyclic) bond motifs is 1. The van der Waals surface area contributed by atoms with Crippen LogP contribution < -0.4 is 10.9 Å². The number of pyridine rings is 2. The molecule has 136 valence electrons. The van der Waals surface area contributed by atoms with Crippen molar-refractivity contribution in [2.24, 2.45) is 7.05 Å². The fourth-order valence-electron chi connectivity index (χ4n) is 3.14. The maximum absolute atomic E-state index is 12.5. The summed E-state index contributed by atoms with van der Waals surface area (Å²) in [5.74, 6) is 0. The summed E-state index contributed by atoms with van der Waals surface area (Å²) in [7, 11) is 1.96. The Morgan fingerprint density at radius 3 is 2.85 bits per heavy atom. The second-order valence-electron chi connectivity index (χ2n) is 6.48. The molecule has 0 radical (unpaired) electrons. The lowest BCUT2D eigenvalue weighted by Crippen LogP contribution is -2.19. The molecule has 0 aliphatic carbocycles. The van der Waals surface area contributed by atoms with Gasteiger partial charge in [-0.15, -0.1) is 0 Å². The highest BCUT2D eigenvalue weighted by molar-refractivity contribution is 6.31. The summed E-state index contributed by atoms with van der Waals surface area (Å²) in [6.07, 6.45) is 5.12. The number of aryl methyl sites for hydroxylation is 1. The Morgan fingerprint density at radius 2 is 2.07 bits per heavy atom. The minimum absolute atomic E-state index is 0.167. The van der Waals surface area contributed by atoms with E-state index >= 15 is 0 Å². The first-order valence-corrected chi connectivity index (χ1v) is 8.91. The van der Waals surface area contributed by atoms with Crippen LogP contribution in [0.4, 0.5) is 5.69 Å². The predicted octanol–water partition coefficient (Wildman–Crippen LogP) is 4.15. The molecule has 2 N–H and O–H groups in total. The van der Waals surface area contributed by atoms with Gasteiger partial charge in [0.25, 0.3) is 5.56 Å². The SMILES string of the molecule is C[C@H](Nc1cccc(-c2cncn2C)c1)c1cc2cc(Cl)cnc2[nH]c1=O. The second kappa shape index (κ2) is 6.89. The third kappa shape index (κ3) is 3.44. The molecule has 0 unspecified atom stereocenters. The quantitative estimate of drug-likeness (QED) is 0.558. The van der Waals surface area contributed by atoms with Gasteiger partial charge < -0.3 is 14.9 Å². The first-order valence-electron chi connectivity index (χ1n) is 8.53. The van der Waals surface area contributed by atoms with Crippen molar-refractivity contribution in [1.82, 2.24) is 19.5 Å². The molecule has 6 nitrogen and oxygen atoms in total. The molecule has 4 rings (SSSR count). The van der Waals surface area contributed by atoms with Gasteiger partial charge in [0.1, 0.15) is 5.65 Å². The minimum atomic E-state index is -0.195. The molecule has 3 heterocycles. The van der Waals surface area contributed by atoms with Crippen molar-refractivity contribution < 1.29 is 0 Å². The smallest absolute Gasteiger partial charge is 0.254 e. The summed E-state index contributed by atoms with van der Waals surface area (Å²) in [6, 6.07) is 11.5. The molecule has 0 spiro atoms. The monoisotopic (exact) mass is 379 g/mol. The highest BCUT2D eigenvalue weighted by Crippen LogP contribution is 2.25. The number of imidazole rings is 1. The number of H-pyrrole nitrogens is 1. The Kier molecular flexibility index (Phi) is 4.41. The van der Waals surface area contributed by atoms with Gasteiger partial charge in [0.2, 0.25) is 0 Å². The molecule has 0 bridgehead atoms. The lowest BCUT2D eigenvalue weighted by Gasteiger charge is -2.16. The minimum Gasteiger partial charge on any atom is -0.378 e. The zero-order valence-corrected chi connectivity index (χ0v) is 15.7. The van der Waals surface area contributed by atoms with E-state index in [0.717, 1.165) is 22.3 Å². The first-order chi connectivity index (χ1) is 13.0. The Bertz CT molecular complexity index is 1180. The molecule has 4 aromatic rings. The molecule has 0 fully saturated rings. The van der Waals surface area contributed by atoms with Gasteiger partial charge in [0, 0.05) is 35.4 Å². The van der Waals surface area contributed by atoms with E-state index in [1.54, 1.807) is 12.4 Å². The topological polar surface area (TPSA) is 75.6 Å². The van der Waals surface area contributed by atoms with Crippen LogP contribution in [-0.4, -0.2) is 19.5 Å². The van der Waals surface area contributed by atoms with Crippen molar-refractivity contribution in [2.75, 3.05) is 5.32 Å². The number of hydrogen-bond donors (Lipinski definition) is 2. The predicted molar refractivity (Wildman–Crippen MR) is 108 cm³/mol. The maximum Gasteiger partial charge on any atom is 0.254 e. The highest BCUT2D eigenvalue weighted by Gasteiger charge is 2.13. The molecule has 0 saturated heterocycles. The maximum atomic E-state index is 12.5. The van der Waals surface area contributed by atoms with Crippen LogP contribution in [0.2, 0.25) is 5.02 Å². The summed E-state index contributed by atoms with van der Waals surface area (Å²) < 4.78 is 1.97. The van der Waals surface area contributed by atoms with Crippen LogP contribution in [0.25, 0.3) is 22.3 Å². The average molecular weight is 380 g/mol. The van der Waals surface area contributed by atoms with Crippen molar-refractivity contribution in [3.05, 3.63) is 76.1 Å². The summed E-state index contributed by atoms with van der Waals surface area (Å²) in [4.78, 5) is 23.6. The van der Waals surface area contributed by atoms with E-state index in [1.165, 1.54) is 6.20 Å². The van der Waals surface area contributed by atoms with Crippen LogP contribution in [0.15, 0.2) is 59.9 Å². The zero-order valence-electron chi connectivity index (χ0n) is 14.9. The van der Waals surface area contributed by atoms with E-state index in [4.69, 9.17) is 11.6 Å². The molecule has 7 heteroatoms. The van der Waals surface area contributed by atoms with E-state index in [0.29, 0.717) is 16.2 Å². The molecule has 27 heavy (non-hydrogen) atoms. The van der Waals surface area contributed by atoms with Crippen LogP contribution in [-0.2, 0) is 7.05 Å². The van der Waals surface area contributed by atoms with Crippen molar-refractivity contribution in [2.45, 2.75) is 13.0 Å². The van der Waals surface area contributed by atoms with Gasteiger partial charge in [0.15, 0.2) is 0 Å². The fraction of sp³-hybridized carbons (Fsp3) is 0.150. The summed E-state index contributed by atoms with van der Waals surface area (Å²) in [5.41, 5.74) is 3.98. The molecular weight excluding hydrogens is 362 g/mol. The highest BCUT2D eigenvalue weighted by atomic mass is 35.5. The van der Waals surface area contributed by atoms with E-state index in [2.05, 4.69) is 20.3 Å². The Morgan fingerprint density at radius 1 is 1.22 bits per heavy atom. The number of aromatic nitrogens is 4. The summed E-state index contributed by atoms with van der Waals surface area (Å²) in [6.45, 7) is 1.95. The van der Waals surface area contributed by atoms with Crippen molar-refractivity contribution in [3.8, 4) is 11.3 Å². The number of aromatic amines is 1. The van der Waals surface area contributed by atoms with Crippen molar-refractivity contribution in [1.29, 1.82) is 0 Å². The van der Waals surface area contributed by atoms with E-state index in [9.17, 15) is 4.79 Å². The van der Waals surface area contributed by atoms with Gasteiger partial charge in [-0.1, -0.05) is 23.7 Å². The lowest BCUT2D eigenvalue weighted by molar-refractivity contribution is 0.865. The molecule has 1 aromatic carbocycles. The Balaban J connectivity index is 1.65. The van der Waals surface area contributed by atoms with E-state index in [1.807, 2.05) is 55.1 Å². The number of rotatable bonds is 4. The number of nitrogens with one attached hydrogen (secondary N) is 2. The molecule has 0 aliphatic heterocycles. The molecule has 1 atom stereocenters. The normalized spacial score (nSPS) is 12.3. The first kappa shape index (κ1) is 17.3. The van der Waals surface area contributed by atoms with Gasteiger partial charge in [-0.3, -0.25) is 4.79 Å². The third-order valence-electron chi connectivity index (χ3n) is 4.51. The van der Waals surface area contributed by atoms with Gasteiger partial charge in [-0.25, -0.2) is 9.97 Å². The third-order valence-corrected chi connectivity index (χ3v) is 4.72. The van der Waals surface area contributed by atoms with E-state index < -0.39 is 0 Å². The van der Waals surface area contributed by atoms with Gasteiger partial charge in [0.05, 0.1) is 29.3 Å². The number of benzene rings is 1. The molecule has 0 amide bonds. The zero-order chi connectivity index (χ0) is 19.0. The van der Waals surface area contributed by atoms with Crippen LogP contribution in [0.3, 0.4) is 0 Å². The van der Waals surface area contributed by atoms with Crippen molar-refractivity contribution >= 4 is 28.3 Å². The Labute approximate surface area is 160 Å². The fourth-order valence-corrected chi connectivity index (χ4v) is 3.30. The van der Waals surface area contributed by atoms with Gasteiger partial charge in [-0.05, 0) is 31.2 Å². The molecule has 0 aliphatic rings. The number of hydrogen-bond acceptors (Lipinski definition) is 4. The molecule has 3 aromatic heterocycles.